The molecule has 0 amide bonds. The quantitative estimate of drug-likeness (QED) is 0.518. The van der Waals surface area contributed by atoms with Gasteiger partial charge in [0.2, 0.25) is 0 Å². The number of aliphatic imine (C=N–C) groups is 1. The van der Waals surface area contributed by atoms with E-state index in [1.54, 1.807) is 11.3 Å². The van der Waals surface area contributed by atoms with Gasteiger partial charge in [-0.15, -0.1) is 11.3 Å². The molecule has 0 aliphatic heterocycles. The lowest BCUT2D eigenvalue weighted by Gasteiger charge is -2.23. The van der Waals surface area contributed by atoms with Gasteiger partial charge in [0.1, 0.15) is 5.60 Å². The fourth-order valence-electron chi connectivity index (χ4n) is 2.08. The van der Waals surface area contributed by atoms with Gasteiger partial charge in [0.15, 0.2) is 5.96 Å². The second-order valence-electron chi connectivity index (χ2n) is 5.43. The highest BCUT2D eigenvalue weighted by atomic mass is 79.9. The van der Waals surface area contributed by atoms with Gasteiger partial charge in [-0.05, 0) is 43.0 Å². The molecule has 1 aromatic heterocycles. The van der Waals surface area contributed by atoms with Gasteiger partial charge in [-0.1, -0.05) is 34.1 Å². The Morgan fingerprint density at radius 3 is 2.78 bits per heavy atom. The van der Waals surface area contributed by atoms with E-state index in [1.165, 1.54) is 0 Å². The zero-order valence-electron chi connectivity index (χ0n) is 13.3. The fraction of sp³-hybridized carbons (Fsp3) is 0.353. The molecular formula is C17H22BrN3OS. The van der Waals surface area contributed by atoms with Gasteiger partial charge >= 0.3 is 0 Å². The molecule has 6 heteroatoms. The molecule has 0 bridgehead atoms. The lowest BCUT2D eigenvalue weighted by molar-refractivity contribution is 0.0655. The van der Waals surface area contributed by atoms with Crippen molar-refractivity contribution in [2.45, 2.75) is 26.0 Å². The molecule has 23 heavy (non-hydrogen) atoms. The minimum Gasteiger partial charge on any atom is -0.383 e. The molecule has 0 saturated carbocycles. The maximum absolute atomic E-state index is 10.6. The normalized spacial score (nSPS) is 14.3. The molecule has 4 nitrogen and oxygen atoms in total. The predicted octanol–water partition coefficient (Wildman–Crippen LogP) is 3.47. The van der Waals surface area contributed by atoms with E-state index in [1.807, 2.05) is 49.6 Å². The Kier molecular flexibility index (Phi) is 6.62. The lowest BCUT2D eigenvalue weighted by atomic mass is 10.1. The van der Waals surface area contributed by atoms with E-state index >= 15 is 0 Å². The summed E-state index contributed by atoms with van der Waals surface area (Å²) in [5.74, 6) is 0.698. The van der Waals surface area contributed by atoms with Crippen LogP contribution in [0.3, 0.4) is 0 Å². The van der Waals surface area contributed by atoms with E-state index in [0.717, 1.165) is 21.5 Å². The molecule has 2 aromatic rings. The molecule has 124 valence electrons. The number of hydrogen-bond donors (Lipinski definition) is 3. The summed E-state index contributed by atoms with van der Waals surface area (Å²) in [6.45, 7) is 5.58. The molecule has 0 radical (unpaired) electrons. The van der Waals surface area contributed by atoms with Crippen LogP contribution < -0.4 is 10.6 Å². The van der Waals surface area contributed by atoms with Crippen LogP contribution in [-0.4, -0.2) is 24.2 Å². The highest BCUT2D eigenvalue weighted by molar-refractivity contribution is 9.10. The van der Waals surface area contributed by atoms with Gasteiger partial charge in [-0.25, -0.2) is 4.99 Å². The minimum atomic E-state index is -0.917. The van der Waals surface area contributed by atoms with E-state index in [2.05, 4.69) is 37.6 Å². The summed E-state index contributed by atoms with van der Waals surface area (Å²) in [7, 11) is 0. The monoisotopic (exact) mass is 395 g/mol. The van der Waals surface area contributed by atoms with Crippen molar-refractivity contribution in [3.8, 4) is 0 Å². The van der Waals surface area contributed by atoms with Gasteiger partial charge in [0.25, 0.3) is 0 Å². The van der Waals surface area contributed by atoms with Crippen molar-refractivity contribution in [2.24, 2.45) is 4.99 Å². The summed E-state index contributed by atoms with van der Waals surface area (Å²) in [4.78, 5) is 5.51. The number of aliphatic hydroxyl groups is 1. The van der Waals surface area contributed by atoms with Crippen LogP contribution in [0.2, 0.25) is 0 Å². The number of rotatable bonds is 6. The average molecular weight is 396 g/mol. The van der Waals surface area contributed by atoms with E-state index in [4.69, 9.17) is 0 Å². The van der Waals surface area contributed by atoms with Crippen molar-refractivity contribution in [1.82, 2.24) is 10.6 Å². The lowest BCUT2D eigenvalue weighted by Crippen LogP contribution is -2.44. The fourth-order valence-corrected chi connectivity index (χ4v) is 3.31. The number of nitrogens with zero attached hydrogens (tertiary/aromatic N) is 1. The number of hydrogen-bond acceptors (Lipinski definition) is 3. The number of thiophene rings is 1. The summed E-state index contributed by atoms with van der Waals surface area (Å²) in [5.41, 5.74) is 0.210. The van der Waals surface area contributed by atoms with Crippen molar-refractivity contribution in [3.63, 3.8) is 0 Å². The van der Waals surface area contributed by atoms with Crippen molar-refractivity contribution in [2.75, 3.05) is 13.1 Å². The van der Waals surface area contributed by atoms with Crippen LogP contribution in [0.15, 0.2) is 51.2 Å². The Hall–Kier alpha value is -1.37. The maximum Gasteiger partial charge on any atom is 0.191 e. The van der Waals surface area contributed by atoms with Crippen LogP contribution in [0.4, 0.5) is 0 Å². The third kappa shape index (κ3) is 5.64. The third-order valence-electron chi connectivity index (χ3n) is 3.31. The molecule has 0 saturated heterocycles. The Morgan fingerprint density at radius 1 is 1.30 bits per heavy atom. The van der Waals surface area contributed by atoms with Gasteiger partial charge in [-0.2, -0.15) is 0 Å². The number of benzene rings is 1. The Bertz CT molecular complexity index is 641. The molecule has 0 aliphatic carbocycles. The first-order valence-electron chi connectivity index (χ1n) is 7.54. The van der Waals surface area contributed by atoms with E-state index < -0.39 is 5.60 Å². The summed E-state index contributed by atoms with van der Waals surface area (Å²) in [6, 6.07) is 12.0. The van der Waals surface area contributed by atoms with Crippen LogP contribution in [0, 0.1) is 0 Å². The van der Waals surface area contributed by atoms with Gasteiger partial charge in [0, 0.05) is 15.9 Å². The number of guanidine groups is 1. The largest absolute Gasteiger partial charge is 0.383 e. The van der Waals surface area contributed by atoms with Crippen molar-refractivity contribution >= 4 is 33.2 Å². The van der Waals surface area contributed by atoms with E-state index in [0.29, 0.717) is 19.0 Å². The molecule has 0 fully saturated rings. The van der Waals surface area contributed by atoms with E-state index in [9.17, 15) is 5.11 Å². The smallest absolute Gasteiger partial charge is 0.191 e. The number of nitrogens with one attached hydrogen (secondary N) is 2. The van der Waals surface area contributed by atoms with Crippen LogP contribution >= 0.6 is 27.3 Å². The van der Waals surface area contributed by atoms with Crippen LogP contribution in [0.1, 0.15) is 24.3 Å². The SMILES string of the molecule is CCNC(=NCc1cccc(Br)c1)NCC(C)(O)c1cccs1. The third-order valence-corrected chi connectivity index (χ3v) is 4.92. The molecule has 0 aliphatic rings. The molecule has 3 N–H and O–H groups in total. The first-order valence-corrected chi connectivity index (χ1v) is 9.21. The van der Waals surface area contributed by atoms with Crippen LogP contribution in [0.5, 0.6) is 0 Å². The summed E-state index contributed by atoms with van der Waals surface area (Å²) in [6.07, 6.45) is 0. The Morgan fingerprint density at radius 2 is 2.13 bits per heavy atom. The summed E-state index contributed by atoms with van der Waals surface area (Å²) in [5, 5.41) is 19.0. The zero-order valence-corrected chi connectivity index (χ0v) is 15.7. The highest BCUT2D eigenvalue weighted by Gasteiger charge is 2.24. The Balaban J connectivity index is 1.99. The standard InChI is InChI=1S/C17H22BrN3OS/c1-3-19-16(20-11-13-6-4-7-14(18)10-13)21-12-17(2,22)15-8-5-9-23-15/h4-10,22H,3,11-12H2,1-2H3,(H2,19,20,21). The molecule has 1 unspecified atom stereocenters. The first-order chi connectivity index (χ1) is 11.0. The predicted molar refractivity (Wildman–Crippen MR) is 101 cm³/mol. The minimum absolute atomic E-state index is 0.401. The summed E-state index contributed by atoms with van der Waals surface area (Å²) >= 11 is 5.02. The molecule has 2 rings (SSSR count). The summed E-state index contributed by atoms with van der Waals surface area (Å²) < 4.78 is 1.05. The molecule has 1 aromatic carbocycles. The molecular weight excluding hydrogens is 374 g/mol. The highest BCUT2D eigenvalue weighted by Crippen LogP contribution is 2.24. The Labute approximate surface area is 149 Å². The molecule has 1 atom stereocenters. The van der Waals surface area contributed by atoms with Gasteiger partial charge in [0.05, 0.1) is 13.1 Å². The van der Waals surface area contributed by atoms with Crippen molar-refractivity contribution in [3.05, 3.63) is 56.7 Å². The van der Waals surface area contributed by atoms with E-state index in [-0.39, 0.29) is 0 Å². The van der Waals surface area contributed by atoms with Crippen LogP contribution in [-0.2, 0) is 12.1 Å². The van der Waals surface area contributed by atoms with Gasteiger partial charge < -0.3 is 15.7 Å². The second-order valence-corrected chi connectivity index (χ2v) is 7.29. The van der Waals surface area contributed by atoms with Crippen LogP contribution in [0.25, 0.3) is 0 Å². The topological polar surface area (TPSA) is 56.7 Å². The molecule has 0 spiro atoms. The van der Waals surface area contributed by atoms with Crippen molar-refractivity contribution in [1.29, 1.82) is 0 Å². The van der Waals surface area contributed by atoms with Crippen molar-refractivity contribution < 1.29 is 5.11 Å². The second kappa shape index (κ2) is 8.47. The average Bonchev–Trinajstić information content (AvgIpc) is 3.05. The van der Waals surface area contributed by atoms with Gasteiger partial charge in [-0.3, -0.25) is 0 Å². The first kappa shape index (κ1) is 18.0. The molecule has 1 heterocycles. The zero-order chi connectivity index (χ0) is 16.7. The number of halogens is 1. The maximum atomic E-state index is 10.6.